The first-order valence-corrected chi connectivity index (χ1v) is 7.85. The van der Waals surface area contributed by atoms with E-state index in [-0.39, 0.29) is 18.0 Å². The molecule has 1 aromatic rings. The number of hydrogen-bond donors (Lipinski definition) is 1. The van der Waals surface area contributed by atoms with Crippen molar-refractivity contribution in [2.75, 3.05) is 25.9 Å². The number of piperidine rings is 1. The van der Waals surface area contributed by atoms with E-state index in [4.69, 9.17) is 15.2 Å². The standard InChI is InChI=1S/C17H26N2O3/c1-12(2)22-16-5-4-15(18)10-14(16)11-19-8-6-13(7-9-19)17(20)21-3/h4-5,10,12-13H,6-9,11,18H2,1-3H3. The Hall–Kier alpha value is -1.75. The van der Waals surface area contributed by atoms with Gasteiger partial charge in [0.25, 0.3) is 0 Å². The van der Waals surface area contributed by atoms with Gasteiger partial charge in [-0.15, -0.1) is 0 Å². The quantitative estimate of drug-likeness (QED) is 0.668. The average Bonchev–Trinajstić information content (AvgIpc) is 2.49. The highest BCUT2D eigenvalue weighted by atomic mass is 16.5. The Morgan fingerprint density at radius 1 is 1.36 bits per heavy atom. The van der Waals surface area contributed by atoms with E-state index in [0.29, 0.717) is 0 Å². The number of ether oxygens (including phenoxy) is 2. The molecule has 1 aliphatic rings. The van der Waals surface area contributed by atoms with Gasteiger partial charge < -0.3 is 15.2 Å². The topological polar surface area (TPSA) is 64.8 Å². The van der Waals surface area contributed by atoms with E-state index < -0.39 is 0 Å². The number of benzene rings is 1. The third kappa shape index (κ3) is 4.37. The monoisotopic (exact) mass is 306 g/mol. The van der Waals surface area contributed by atoms with Crippen molar-refractivity contribution in [3.63, 3.8) is 0 Å². The van der Waals surface area contributed by atoms with E-state index >= 15 is 0 Å². The summed E-state index contributed by atoms with van der Waals surface area (Å²) in [6.45, 7) is 6.59. The molecule has 1 heterocycles. The molecule has 2 N–H and O–H groups in total. The number of nitrogens with two attached hydrogens (primary N) is 1. The van der Waals surface area contributed by atoms with Gasteiger partial charge in [0.1, 0.15) is 5.75 Å². The summed E-state index contributed by atoms with van der Waals surface area (Å²) in [6.07, 6.45) is 1.82. The van der Waals surface area contributed by atoms with Gasteiger partial charge >= 0.3 is 5.97 Å². The second-order valence-corrected chi connectivity index (χ2v) is 6.11. The van der Waals surface area contributed by atoms with Crippen molar-refractivity contribution in [2.45, 2.75) is 39.3 Å². The Labute approximate surface area is 132 Å². The largest absolute Gasteiger partial charge is 0.491 e. The van der Waals surface area contributed by atoms with E-state index in [0.717, 1.165) is 49.5 Å². The Balaban J connectivity index is 1.99. The van der Waals surface area contributed by atoms with Crippen LogP contribution in [0.1, 0.15) is 32.3 Å². The molecule has 0 aromatic heterocycles. The zero-order valence-electron chi connectivity index (χ0n) is 13.7. The van der Waals surface area contributed by atoms with Gasteiger partial charge in [-0.05, 0) is 58.0 Å². The molecule has 5 nitrogen and oxygen atoms in total. The molecular weight excluding hydrogens is 280 g/mol. The summed E-state index contributed by atoms with van der Waals surface area (Å²) in [6, 6.07) is 5.78. The minimum absolute atomic E-state index is 0.0356. The van der Waals surface area contributed by atoms with Crippen molar-refractivity contribution in [2.24, 2.45) is 5.92 Å². The fourth-order valence-corrected chi connectivity index (χ4v) is 2.83. The second-order valence-electron chi connectivity index (χ2n) is 6.11. The van der Waals surface area contributed by atoms with Crippen LogP contribution in [0.25, 0.3) is 0 Å². The summed E-state index contributed by atoms with van der Waals surface area (Å²) < 4.78 is 10.7. The molecule has 0 amide bonds. The molecule has 5 heteroatoms. The average molecular weight is 306 g/mol. The van der Waals surface area contributed by atoms with Crippen LogP contribution in [0.4, 0.5) is 5.69 Å². The van der Waals surface area contributed by atoms with Crippen LogP contribution in [0.15, 0.2) is 18.2 Å². The Morgan fingerprint density at radius 3 is 2.64 bits per heavy atom. The highest BCUT2D eigenvalue weighted by molar-refractivity contribution is 5.72. The summed E-state index contributed by atoms with van der Waals surface area (Å²) in [4.78, 5) is 13.9. The molecule has 22 heavy (non-hydrogen) atoms. The maximum Gasteiger partial charge on any atom is 0.308 e. The lowest BCUT2D eigenvalue weighted by atomic mass is 9.96. The number of methoxy groups -OCH3 is 1. The summed E-state index contributed by atoms with van der Waals surface area (Å²) in [7, 11) is 1.46. The van der Waals surface area contributed by atoms with Gasteiger partial charge in [0.05, 0.1) is 19.1 Å². The van der Waals surface area contributed by atoms with Crippen molar-refractivity contribution in [1.29, 1.82) is 0 Å². The number of esters is 1. The number of nitrogens with zero attached hydrogens (tertiary/aromatic N) is 1. The third-order valence-corrected chi connectivity index (χ3v) is 3.96. The predicted molar refractivity (Wildman–Crippen MR) is 86.6 cm³/mol. The third-order valence-electron chi connectivity index (χ3n) is 3.96. The van der Waals surface area contributed by atoms with Crippen LogP contribution in [-0.2, 0) is 16.1 Å². The number of hydrogen-bond acceptors (Lipinski definition) is 5. The molecule has 1 fully saturated rings. The van der Waals surface area contributed by atoms with Crippen LogP contribution < -0.4 is 10.5 Å². The summed E-state index contributed by atoms with van der Waals surface area (Å²) in [5.74, 6) is 0.834. The zero-order chi connectivity index (χ0) is 16.1. The predicted octanol–water partition coefficient (Wildman–Crippen LogP) is 2.44. The molecule has 122 valence electrons. The fraction of sp³-hybridized carbons (Fsp3) is 0.588. The lowest BCUT2D eigenvalue weighted by Gasteiger charge is -2.31. The number of carbonyl (C=O) groups excluding carboxylic acids is 1. The first-order chi connectivity index (χ1) is 10.5. The first kappa shape index (κ1) is 16.6. The number of rotatable bonds is 5. The molecule has 2 rings (SSSR count). The first-order valence-electron chi connectivity index (χ1n) is 7.85. The van der Waals surface area contributed by atoms with Gasteiger partial charge in [0.2, 0.25) is 0 Å². The Morgan fingerprint density at radius 2 is 2.05 bits per heavy atom. The van der Waals surface area contributed by atoms with Crippen molar-refractivity contribution in [3.05, 3.63) is 23.8 Å². The van der Waals surface area contributed by atoms with Crippen molar-refractivity contribution < 1.29 is 14.3 Å². The van der Waals surface area contributed by atoms with Crippen LogP contribution in [0.3, 0.4) is 0 Å². The van der Waals surface area contributed by atoms with E-state index in [9.17, 15) is 4.79 Å². The van der Waals surface area contributed by atoms with Gasteiger partial charge in [0.15, 0.2) is 0 Å². The summed E-state index contributed by atoms with van der Waals surface area (Å²) in [5, 5.41) is 0. The van der Waals surface area contributed by atoms with Gasteiger partial charge in [-0.2, -0.15) is 0 Å². The molecule has 1 aliphatic heterocycles. The summed E-state index contributed by atoms with van der Waals surface area (Å²) >= 11 is 0. The van der Waals surface area contributed by atoms with Crippen molar-refractivity contribution in [3.8, 4) is 5.75 Å². The molecule has 0 saturated carbocycles. The molecule has 0 atom stereocenters. The normalized spacial score (nSPS) is 16.7. The van der Waals surface area contributed by atoms with Crippen molar-refractivity contribution >= 4 is 11.7 Å². The lowest BCUT2D eigenvalue weighted by Crippen LogP contribution is -2.36. The molecular formula is C17H26N2O3. The molecule has 1 aromatic carbocycles. The molecule has 0 aliphatic carbocycles. The molecule has 0 radical (unpaired) electrons. The number of anilines is 1. The fourth-order valence-electron chi connectivity index (χ4n) is 2.83. The van der Waals surface area contributed by atoms with E-state index in [1.54, 1.807) is 0 Å². The van der Waals surface area contributed by atoms with E-state index in [1.165, 1.54) is 7.11 Å². The van der Waals surface area contributed by atoms with Crippen LogP contribution in [-0.4, -0.2) is 37.2 Å². The Kier molecular flexibility index (Phi) is 5.66. The highest BCUT2D eigenvalue weighted by Crippen LogP contribution is 2.26. The van der Waals surface area contributed by atoms with Crippen molar-refractivity contribution in [1.82, 2.24) is 4.90 Å². The minimum Gasteiger partial charge on any atom is -0.491 e. The molecule has 0 spiro atoms. The van der Waals surface area contributed by atoms with Gasteiger partial charge in [-0.25, -0.2) is 0 Å². The lowest BCUT2D eigenvalue weighted by molar-refractivity contribution is -0.147. The molecule has 0 bridgehead atoms. The number of carbonyl (C=O) groups is 1. The molecule has 0 unspecified atom stereocenters. The maximum atomic E-state index is 11.6. The highest BCUT2D eigenvalue weighted by Gasteiger charge is 2.26. The smallest absolute Gasteiger partial charge is 0.308 e. The minimum atomic E-state index is -0.0903. The van der Waals surface area contributed by atoms with E-state index in [1.807, 2.05) is 32.0 Å². The molecule has 1 saturated heterocycles. The van der Waals surface area contributed by atoms with Crippen LogP contribution in [0.5, 0.6) is 5.75 Å². The zero-order valence-corrected chi connectivity index (χ0v) is 13.7. The van der Waals surface area contributed by atoms with Crippen LogP contribution in [0, 0.1) is 5.92 Å². The maximum absolute atomic E-state index is 11.6. The number of likely N-dealkylation sites (tertiary alicyclic amines) is 1. The van der Waals surface area contributed by atoms with Gasteiger partial charge in [-0.1, -0.05) is 0 Å². The van der Waals surface area contributed by atoms with Gasteiger partial charge in [0, 0.05) is 17.8 Å². The van der Waals surface area contributed by atoms with Crippen LogP contribution >= 0.6 is 0 Å². The van der Waals surface area contributed by atoms with Crippen LogP contribution in [0.2, 0.25) is 0 Å². The summed E-state index contributed by atoms with van der Waals surface area (Å²) in [5.41, 5.74) is 7.76. The Bertz CT molecular complexity index is 509. The van der Waals surface area contributed by atoms with Gasteiger partial charge in [-0.3, -0.25) is 9.69 Å². The SMILES string of the molecule is COC(=O)C1CCN(Cc2cc(N)ccc2OC(C)C)CC1. The number of nitrogen functional groups attached to an aromatic ring is 1. The second kappa shape index (κ2) is 7.49. The van der Waals surface area contributed by atoms with E-state index in [2.05, 4.69) is 4.90 Å².